The van der Waals surface area contributed by atoms with Gasteiger partial charge in [0, 0.05) is 0 Å². The topological polar surface area (TPSA) is 0 Å². The molecule has 2 rings (SSSR count). The Kier molecular flexibility index (Phi) is 2.62. The van der Waals surface area contributed by atoms with Gasteiger partial charge in [-0.1, -0.05) is 0 Å². The molecule has 0 radical (unpaired) electrons. The number of rotatable bonds is 1. The summed E-state index contributed by atoms with van der Waals surface area (Å²) < 4.78 is 3.05. The van der Waals surface area contributed by atoms with E-state index in [1.165, 1.54) is 10.1 Å². The molecular weight excluding hydrogens is 263 g/mol. The molecule has 0 atom stereocenters. The second kappa shape index (κ2) is 3.52. The van der Waals surface area contributed by atoms with Crippen LogP contribution in [0.25, 0.3) is 10.1 Å². The van der Waals surface area contributed by atoms with Crippen molar-refractivity contribution in [1.82, 2.24) is 0 Å². The van der Waals surface area contributed by atoms with E-state index in [2.05, 4.69) is 44.7 Å². The predicted molar refractivity (Wildman–Crippen MR) is 53.0 cm³/mol. The van der Waals surface area contributed by atoms with Gasteiger partial charge < -0.3 is 0 Å². The van der Waals surface area contributed by atoms with Crippen molar-refractivity contribution in [3.8, 4) is 0 Å². The number of thiophene rings is 1. The molecule has 0 nitrogen and oxygen atoms in total. The molecule has 0 fully saturated rings. The first-order chi connectivity index (χ1) is 5.40. The molecule has 0 N–H and O–H groups in total. The summed E-state index contributed by atoms with van der Waals surface area (Å²) in [5, 5.41) is 1.42. The van der Waals surface area contributed by atoms with Crippen LogP contribution in [0.15, 0.2) is 30.3 Å². The average molecular weight is 268 g/mol. The van der Waals surface area contributed by atoms with Crippen LogP contribution in [-0.2, 0) is 0 Å². The summed E-state index contributed by atoms with van der Waals surface area (Å²) in [4.78, 5) is 0. The number of benzene rings is 1. The third-order valence-corrected chi connectivity index (χ3v) is 5.83. The van der Waals surface area contributed by atoms with Gasteiger partial charge in [0.05, 0.1) is 0 Å². The minimum absolute atomic E-state index is 0.121. The third-order valence-electron chi connectivity index (χ3n) is 1.60. The zero-order chi connectivity index (χ0) is 7.68. The molecule has 2 aromatic rings. The van der Waals surface area contributed by atoms with Gasteiger partial charge in [-0.05, 0) is 0 Å². The summed E-state index contributed by atoms with van der Waals surface area (Å²) in [5.41, 5.74) is 0. The zero-order valence-corrected chi connectivity index (χ0v) is 9.35. The quantitative estimate of drug-likeness (QED) is 0.684. The second-order valence-electron chi connectivity index (χ2n) is 2.31. The molecule has 1 aromatic heterocycles. The molecule has 1 aromatic carbocycles. The molecule has 0 spiro atoms. The first-order valence-corrected chi connectivity index (χ1v) is 7.74. The van der Waals surface area contributed by atoms with Gasteiger partial charge in [0.25, 0.3) is 0 Å². The van der Waals surface area contributed by atoms with Crippen LogP contribution in [0.2, 0.25) is 0 Å². The van der Waals surface area contributed by atoms with Crippen LogP contribution in [0.1, 0.15) is 0 Å². The Morgan fingerprint density at radius 1 is 1.27 bits per heavy atom. The molecular formula is C8H5LiSTe. The van der Waals surface area contributed by atoms with Crippen LogP contribution < -0.4 is 2.93 Å². The second-order valence-corrected chi connectivity index (χ2v) is 6.62. The van der Waals surface area contributed by atoms with Crippen molar-refractivity contribution < 1.29 is 0 Å². The first-order valence-electron chi connectivity index (χ1n) is 3.43. The van der Waals surface area contributed by atoms with E-state index >= 15 is 0 Å². The van der Waals surface area contributed by atoms with E-state index in [0.717, 1.165) is 0 Å². The fourth-order valence-corrected chi connectivity index (χ4v) is 4.12. The van der Waals surface area contributed by atoms with Gasteiger partial charge in [-0.2, -0.15) is 0 Å². The number of fused-ring (bicyclic) bond motifs is 1. The van der Waals surface area contributed by atoms with Gasteiger partial charge in [-0.15, -0.1) is 0 Å². The first kappa shape index (κ1) is 8.18. The van der Waals surface area contributed by atoms with Crippen molar-refractivity contribution in [2.75, 3.05) is 0 Å². The van der Waals surface area contributed by atoms with Crippen molar-refractivity contribution in [1.29, 1.82) is 0 Å². The summed E-state index contributed by atoms with van der Waals surface area (Å²) in [6.07, 6.45) is 0. The van der Waals surface area contributed by atoms with E-state index in [-0.39, 0.29) is 18.3 Å². The van der Waals surface area contributed by atoms with Gasteiger partial charge in [-0.3, -0.25) is 0 Å². The summed E-state index contributed by atoms with van der Waals surface area (Å²) in [6, 6.07) is 10.9. The SMILES string of the molecule is [Li][Te]c1cc2ccccc2s1. The van der Waals surface area contributed by atoms with Crippen molar-refractivity contribution >= 4 is 56.9 Å². The molecule has 0 aliphatic rings. The van der Waals surface area contributed by atoms with E-state index in [4.69, 9.17) is 0 Å². The molecule has 0 amide bonds. The molecule has 0 saturated heterocycles. The molecule has 50 valence electrons. The summed E-state index contributed by atoms with van der Waals surface area (Å²) in [6.45, 7) is 0. The fraction of sp³-hybridized carbons (Fsp3) is 0. The maximum absolute atomic E-state index is 2.34. The monoisotopic (exact) mass is 270 g/mol. The molecule has 3 heteroatoms. The van der Waals surface area contributed by atoms with Crippen LogP contribution in [0.4, 0.5) is 0 Å². The zero-order valence-electron chi connectivity index (χ0n) is 6.20. The summed E-state index contributed by atoms with van der Waals surface area (Å²) in [7, 11) is 0. The summed E-state index contributed by atoms with van der Waals surface area (Å²) in [5.74, 6) is 0. The van der Waals surface area contributed by atoms with Crippen molar-refractivity contribution in [2.45, 2.75) is 0 Å². The summed E-state index contributed by atoms with van der Waals surface area (Å²) >= 11 is 4.41. The number of hydrogen-bond donors (Lipinski definition) is 0. The maximum atomic E-state index is 2.34. The third kappa shape index (κ3) is 1.67. The van der Waals surface area contributed by atoms with Crippen molar-refractivity contribution in [2.24, 2.45) is 0 Å². The van der Waals surface area contributed by atoms with Crippen LogP contribution >= 0.6 is 11.3 Å². The van der Waals surface area contributed by atoms with E-state index < -0.39 is 0 Å². The van der Waals surface area contributed by atoms with Gasteiger partial charge in [0.2, 0.25) is 0 Å². The van der Waals surface area contributed by atoms with E-state index in [1.807, 2.05) is 11.3 Å². The molecule has 0 aliphatic heterocycles. The van der Waals surface area contributed by atoms with E-state index in [1.54, 1.807) is 2.93 Å². The Morgan fingerprint density at radius 3 is 2.82 bits per heavy atom. The molecule has 0 saturated carbocycles. The molecule has 0 unspecified atom stereocenters. The predicted octanol–water partition coefficient (Wildman–Crippen LogP) is 1.31. The van der Waals surface area contributed by atoms with Crippen LogP contribution in [0.3, 0.4) is 0 Å². The van der Waals surface area contributed by atoms with Crippen molar-refractivity contribution in [3.05, 3.63) is 30.3 Å². The molecule has 0 aliphatic carbocycles. The van der Waals surface area contributed by atoms with Gasteiger partial charge in [0.15, 0.2) is 0 Å². The standard InChI is InChI=1S/C8H6STe.Li/c10-8-5-6-3-1-2-4-7(6)9-8;/h1-5,10H;/q;+1/p-1. The average Bonchev–Trinajstić information content (AvgIpc) is 2.46. The van der Waals surface area contributed by atoms with Crippen LogP contribution in [0.5, 0.6) is 0 Å². The van der Waals surface area contributed by atoms with Gasteiger partial charge in [-0.25, -0.2) is 0 Å². The van der Waals surface area contributed by atoms with E-state index in [0.29, 0.717) is 0 Å². The fourth-order valence-electron chi connectivity index (χ4n) is 1.06. The van der Waals surface area contributed by atoms with Gasteiger partial charge >= 0.3 is 87.3 Å². The molecule has 0 bridgehead atoms. The Hall–Kier alpha value is 0.567. The Bertz CT molecular complexity index is 336. The Balaban J connectivity index is 2.69. The van der Waals surface area contributed by atoms with Crippen LogP contribution in [-0.4, -0.2) is 32.6 Å². The van der Waals surface area contributed by atoms with Gasteiger partial charge in [0.1, 0.15) is 0 Å². The van der Waals surface area contributed by atoms with Crippen LogP contribution in [0, 0.1) is 0 Å². The molecule has 1 heterocycles. The Morgan fingerprint density at radius 2 is 2.09 bits per heavy atom. The van der Waals surface area contributed by atoms with E-state index in [9.17, 15) is 0 Å². The molecule has 11 heavy (non-hydrogen) atoms. The Labute approximate surface area is 86.5 Å². The number of hydrogen-bond acceptors (Lipinski definition) is 1. The minimum atomic E-state index is 0.121. The van der Waals surface area contributed by atoms with Crippen molar-refractivity contribution in [3.63, 3.8) is 0 Å². The normalized spacial score (nSPS) is 10.7.